The van der Waals surface area contributed by atoms with Crippen molar-refractivity contribution in [2.24, 2.45) is 11.8 Å². The van der Waals surface area contributed by atoms with Crippen molar-refractivity contribution in [1.29, 1.82) is 0 Å². The van der Waals surface area contributed by atoms with Gasteiger partial charge in [-0.1, -0.05) is 26.8 Å². The van der Waals surface area contributed by atoms with Crippen molar-refractivity contribution in [3.05, 3.63) is 54.1 Å². The first-order chi connectivity index (χ1) is 18.2. The van der Waals surface area contributed by atoms with E-state index in [1.807, 2.05) is 18.6 Å². The highest BCUT2D eigenvalue weighted by molar-refractivity contribution is 7.90. The third-order valence-electron chi connectivity index (χ3n) is 6.30. The smallest absolute Gasteiger partial charge is 0.285 e. The second-order valence-electron chi connectivity index (χ2n) is 10.9. The normalized spacial score (nSPS) is 16.9. The van der Waals surface area contributed by atoms with Crippen molar-refractivity contribution in [3.63, 3.8) is 0 Å². The predicted octanol–water partition coefficient (Wildman–Crippen LogP) is 4.04. The zero-order valence-corrected chi connectivity index (χ0v) is 23.4. The molecule has 2 aromatic heterocycles. The molecule has 10 nitrogen and oxygen atoms in total. The minimum absolute atomic E-state index is 0.0185. The first-order valence-corrected chi connectivity index (χ1v) is 14.1. The Kier molecular flexibility index (Phi) is 7.78. The van der Waals surface area contributed by atoms with Gasteiger partial charge >= 0.3 is 0 Å². The Balaban J connectivity index is 1.80. The number of halogens is 1. The Bertz CT molecular complexity index is 1500. The van der Waals surface area contributed by atoms with E-state index in [0.29, 0.717) is 24.9 Å². The topological polar surface area (TPSA) is 140 Å². The van der Waals surface area contributed by atoms with Crippen LogP contribution in [-0.2, 0) is 10.0 Å². The van der Waals surface area contributed by atoms with Crippen LogP contribution in [0, 0.1) is 17.7 Å². The fraction of sp³-hybridized carbons (Fsp3) is 0.407. The van der Waals surface area contributed by atoms with Crippen molar-refractivity contribution < 1.29 is 22.3 Å². The van der Waals surface area contributed by atoms with Gasteiger partial charge in [0.15, 0.2) is 10.7 Å². The molecule has 0 radical (unpaired) electrons. The number of hydrogen-bond donors (Lipinski definition) is 2. The fourth-order valence-electron chi connectivity index (χ4n) is 4.72. The van der Waals surface area contributed by atoms with E-state index >= 15 is 0 Å². The summed E-state index contributed by atoms with van der Waals surface area (Å²) >= 11 is 0. The van der Waals surface area contributed by atoms with Gasteiger partial charge in [-0.15, -0.1) is 0 Å². The van der Waals surface area contributed by atoms with Crippen LogP contribution in [0.15, 0.2) is 47.6 Å². The van der Waals surface area contributed by atoms with E-state index in [0.717, 1.165) is 6.42 Å². The summed E-state index contributed by atoms with van der Waals surface area (Å²) < 4.78 is 48.2. The number of pyridine rings is 1. The van der Waals surface area contributed by atoms with E-state index in [9.17, 15) is 17.6 Å². The van der Waals surface area contributed by atoms with Crippen LogP contribution in [-0.4, -0.2) is 48.0 Å². The van der Waals surface area contributed by atoms with Crippen molar-refractivity contribution in [2.75, 3.05) is 23.8 Å². The number of carbonyl (C=O) groups excluding carboxylic acids is 1. The van der Waals surface area contributed by atoms with Gasteiger partial charge in [-0.25, -0.2) is 24.1 Å². The summed E-state index contributed by atoms with van der Waals surface area (Å²) in [5.74, 6) is -0.325. The molecule has 1 aliphatic rings. The number of nitrogens with zero attached hydrogens (tertiary/aromatic N) is 4. The van der Waals surface area contributed by atoms with Gasteiger partial charge < -0.3 is 15.4 Å². The molecule has 1 amide bonds. The van der Waals surface area contributed by atoms with Crippen molar-refractivity contribution >= 4 is 27.6 Å². The predicted molar refractivity (Wildman–Crippen MR) is 146 cm³/mol. The van der Waals surface area contributed by atoms with Gasteiger partial charge in [0.2, 0.25) is 0 Å². The van der Waals surface area contributed by atoms with E-state index in [-0.39, 0.29) is 40.0 Å². The molecule has 1 saturated heterocycles. The quantitative estimate of drug-likeness (QED) is 0.421. The Hall–Kier alpha value is -3.80. The Morgan fingerprint density at radius 2 is 2.00 bits per heavy atom. The van der Waals surface area contributed by atoms with Crippen LogP contribution in [0.2, 0.25) is 0 Å². The lowest BCUT2D eigenvalue weighted by Gasteiger charge is -2.32. The number of ether oxygens (including phenoxy) is 1. The molecular weight excluding hydrogens is 523 g/mol. The van der Waals surface area contributed by atoms with E-state index in [4.69, 9.17) is 15.5 Å². The number of rotatable bonds is 8. The number of hydrogen-bond acceptors (Lipinski definition) is 9. The number of carbonyl (C=O) groups is 1. The lowest BCUT2D eigenvalue weighted by Crippen LogP contribution is -2.39. The van der Waals surface area contributed by atoms with Crippen molar-refractivity contribution in [2.45, 2.75) is 51.6 Å². The number of nitrogens with one attached hydrogen (secondary N) is 1. The van der Waals surface area contributed by atoms with Gasteiger partial charge in [0.25, 0.3) is 15.9 Å². The maximum absolute atomic E-state index is 14.7. The average molecular weight is 557 g/mol. The molecule has 1 atom stereocenters. The molecule has 1 aromatic carbocycles. The van der Waals surface area contributed by atoms with Gasteiger partial charge in [-0.3, -0.25) is 4.79 Å². The number of benzene rings is 1. The van der Waals surface area contributed by atoms with Crippen LogP contribution in [0.25, 0.3) is 11.3 Å². The molecule has 3 N–H and O–H groups in total. The number of amides is 1. The highest BCUT2D eigenvalue weighted by Crippen LogP contribution is 2.37. The molecule has 12 heteroatoms. The number of nitrogens with two attached hydrogens (primary N) is 1. The number of aromatic nitrogens is 3. The Morgan fingerprint density at radius 3 is 2.64 bits per heavy atom. The Morgan fingerprint density at radius 1 is 1.26 bits per heavy atom. The number of sulfonamides is 1. The average Bonchev–Trinajstić information content (AvgIpc) is 3.13. The molecule has 39 heavy (non-hydrogen) atoms. The van der Waals surface area contributed by atoms with Gasteiger partial charge in [-0.2, -0.15) is 8.42 Å². The summed E-state index contributed by atoms with van der Waals surface area (Å²) in [6.45, 7) is 11.3. The first kappa shape index (κ1) is 28.2. The van der Waals surface area contributed by atoms with Crippen LogP contribution < -0.4 is 20.1 Å². The van der Waals surface area contributed by atoms with Crippen molar-refractivity contribution in [3.8, 4) is 17.0 Å². The minimum atomic E-state index is -4.38. The first-order valence-electron chi connectivity index (χ1n) is 12.6. The van der Waals surface area contributed by atoms with Crippen molar-refractivity contribution in [1.82, 2.24) is 19.7 Å². The third-order valence-corrected chi connectivity index (χ3v) is 7.53. The molecule has 1 aliphatic heterocycles. The standard InChI is InChI=1S/C27H33FN6O4S/c1-16(2)15-38-20-10-18(9-19(28)11-20)24-25(26(35)33-39(36,37)23-8-6-7-21(29)31-23)30-13-22(32-24)34-14-17(3)12-27(34,4)5/h6-11,13,16-17H,12,14-15H2,1-5H3,(H2,29,31)(H,33,35). The lowest BCUT2D eigenvalue weighted by atomic mass is 9.98. The van der Waals surface area contributed by atoms with Gasteiger partial charge in [0.1, 0.15) is 28.9 Å². The van der Waals surface area contributed by atoms with E-state index in [1.54, 1.807) is 6.07 Å². The molecule has 4 rings (SSSR count). The van der Waals surface area contributed by atoms with E-state index < -0.39 is 26.8 Å². The summed E-state index contributed by atoms with van der Waals surface area (Å²) in [7, 11) is -4.38. The monoisotopic (exact) mass is 556 g/mol. The summed E-state index contributed by atoms with van der Waals surface area (Å²) in [5, 5.41) is -0.426. The highest BCUT2D eigenvalue weighted by Gasteiger charge is 2.38. The molecular formula is C27H33FN6O4S. The zero-order valence-electron chi connectivity index (χ0n) is 22.6. The van der Waals surface area contributed by atoms with Crippen LogP contribution in [0.5, 0.6) is 5.75 Å². The van der Waals surface area contributed by atoms with E-state index in [1.165, 1.54) is 36.5 Å². The maximum atomic E-state index is 14.7. The molecule has 0 spiro atoms. The summed E-state index contributed by atoms with van der Waals surface area (Å²) in [5.41, 5.74) is 5.33. The van der Waals surface area contributed by atoms with Crippen LogP contribution in [0.1, 0.15) is 51.5 Å². The summed E-state index contributed by atoms with van der Waals surface area (Å²) in [6, 6.07) is 8.05. The second kappa shape index (κ2) is 10.8. The van der Waals surface area contributed by atoms with E-state index in [2.05, 4.69) is 35.6 Å². The van der Waals surface area contributed by atoms with Crippen LogP contribution >= 0.6 is 0 Å². The molecule has 3 heterocycles. The zero-order chi connectivity index (χ0) is 28.5. The number of nitrogen functional groups attached to an aromatic ring is 1. The Labute approximate surface area is 227 Å². The molecule has 1 fully saturated rings. The molecule has 1 unspecified atom stereocenters. The van der Waals surface area contributed by atoms with Crippen LogP contribution in [0.3, 0.4) is 0 Å². The molecule has 208 valence electrons. The largest absolute Gasteiger partial charge is 0.493 e. The number of anilines is 2. The lowest BCUT2D eigenvalue weighted by molar-refractivity contribution is 0.0977. The third kappa shape index (κ3) is 6.44. The fourth-order valence-corrected chi connectivity index (χ4v) is 5.64. The summed E-state index contributed by atoms with van der Waals surface area (Å²) in [4.78, 5) is 28.2. The van der Waals surface area contributed by atoms with Gasteiger partial charge in [0.05, 0.1) is 12.8 Å². The van der Waals surface area contributed by atoms with Gasteiger partial charge in [-0.05, 0) is 56.4 Å². The highest BCUT2D eigenvalue weighted by atomic mass is 32.2. The maximum Gasteiger partial charge on any atom is 0.285 e. The molecule has 0 saturated carbocycles. The molecule has 3 aromatic rings. The second-order valence-corrected chi connectivity index (χ2v) is 12.5. The van der Waals surface area contributed by atoms with Crippen LogP contribution in [0.4, 0.5) is 16.0 Å². The molecule has 0 bridgehead atoms. The SMILES string of the molecule is CC(C)COc1cc(F)cc(-c2nc(N3CC(C)CC3(C)C)cnc2C(=O)NS(=O)(=O)c2cccc(N)n2)c1. The molecule has 0 aliphatic carbocycles. The summed E-state index contributed by atoms with van der Waals surface area (Å²) in [6.07, 6.45) is 2.35. The van der Waals surface area contributed by atoms with Gasteiger partial charge in [0, 0.05) is 23.7 Å². The minimum Gasteiger partial charge on any atom is -0.493 e.